The van der Waals surface area contributed by atoms with Gasteiger partial charge in [-0.1, -0.05) is 0 Å². The summed E-state index contributed by atoms with van der Waals surface area (Å²) in [7, 11) is 0. The van der Waals surface area contributed by atoms with E-state index in [2.05, 4.69) is 32.5 Å². The van der Waals surface area contributed by atoms with Crippen molar-refractivity contribution in [3.05, 3.63) is 27.5 Å². The molecule has 2 N–H and O–H groups in total. The molecule has 2 heterocycles. The first-order valence-electron chi connectivity index (χ1n) is 6.33. The first kappa shape index (κ1) is 13.7. The van der Waals surface area contributed by atoms with E-state index in [1.807, 2.05) is 26.3 Å². The summed E-state index contributed by atoms with van der Waals surface area (Å²) in [5, 5.41) is 6.64. The van der Waals surface area contributed by atoms with Gasteiger partial charge in [-0.2, -0.15) is 0 Å². The van der Waals surface area contributed by atoms with Gasteiger partial charge in [0.1, 0.15) is 17.5 Å². The molecule has 2 rings (SSSR count). The fourth-order valence-electron chi connectivity index (χ4n) is 1.80. The normalized spacial score (nSPS) is 10.5. The third kappa shape index (κ3) is 3.20. The van der Waals surface area contributed by atoms with Gasteiger partial charge in [0, 0.05) is 17.0 Å². The predicted octanol–water partition coefficient (Wildman–Crippen LogP) is 2.90. The minimum Gasteiger partial charge on any atom is -0.370 e. The Hall–Kier alpha value is -1.69. The standard InChI is InChI=1S/C13H19N5S/c1-5-14-12-8(2)13(18-10(4)17-12)15-6-11-9(3)16-7-19-11/h7H,5-6H2,1-4H3,(H2,14,15,17,18). The summed E-state index contributed by atoms with van der Waals surface area (Å²) < 4.78 is 0. The quantitative estimate of drug-likeness (QED) is 0.880. The van der Waals surface area contributed by atoms with Gasteiger partial charge in [0.05, 0.1) is 17.7 Å². The maximum Gasteiger partial charge on any atom is 0.135 e. The Morgan fingerprint density at radius 1 is 1.11 bits per heavy atom. The number of nitrogens with one attached hydrogen (secondary N) is 2. The molecule has 2 aromatic rings. The van der Waals surface area contributed by atoms with Gasteiger partial charge in [-0.05, 0) is 27.7 Å². The molecule has 0 aliphatic rings. The van der Waals surface area contributed by atoms with Gasteiger partial charge < -0.3 is 10.6 Å². The molecule has 2 aromatic heterocycles. The summed E-state index contributed by atoms with van der Waals surface area (Å²) >= 11 is 1.66. The van der Waals surface area contributed by atoms with E-state index >= 15 is 0 Å². The average Bonchev–Trinajstić information content (AvgIpc) is 2.77. The fourth-order valence-corrected chi connectivity index (χ4v) is 2.52. The van der Waals surface area contributed by atoms with Crippen molar-refractivity contribution >= 4 is 23.0 Å². The van der Waals surface area contributed by atoms with Gasteiger partial charge in [-0.25, -0.2) is 15.0 Å². The minimum atomic E-state index is 0.749. The van der Waals surface area contributed by atoms with Crippen molar-refractivity contribution in [1.82, 2.24) is 15.0 Å². The van der Waals surface area contributed by atoms with Crippen molar-refractivity contribution in [3.8, 4) is 0 Å². The van der Waals surface area contributed by atoms with E-state index < -0.39 is 0 Å². The van der Waals surface area contributed by atoms with Crippen LogP contribution in [0.5, 0.6) is 0 Å². The van der Waals surface area contributed by atoms with Crippen molar-refractivity contribution in [2.75, 3.05) is 17.2 Å². The molecule has 0 saturated heterocycles. The van der Waals surface area contributed by atoms with E-state index in [0.717, 1.165) is 41.8 Å². The summed E-state index contributed by atoms with van der Waals surface area (Å²) in [5.74, 6) is 2.56. The number of rotatable bonds is 5. The highest BCUT2D eigenvalue weighted by atomic mass is 32.1. The Morgan fingerprint density at radius 2 is 1.79 bits per heavy atom. The van der Waals surface area contributed by atoms with Gasteiger partial charge in [0.15, 0.2) is 0 Å². The van der Waals surface area contributed by atoms with Crippen LogP contribution in [0.3, 0.4) is 0 Å². The second kappa shape index (κ2) is 5.97. The molecule has 0 amide bonds. The number of nitrogens with zero attached hydrogens (tertiary/aromatic N) is 3. The summed E-state index contributed by atoms with van der Waals surface area (Å²) in [6.07, 6.45) is 0. The molecule has 0 unspecified atom stereocenters. The van der Waals surface area contributed by atoms with Crippen LogP contribution in [0.2, 0.25) is 0 Å². The largest absolute Gasteiger partial charge is 0.370 e. The summed E-state index contributed by atoms with van der Waals surface area (Å²) in [4.78, 5) is 14.4. The average molecular weight is 277 g/mol. The van der Waals surface area contributed by atoms with Crippen molar-refractivity contribution in [3.63, 3.8) is 0 Å². The van der Waals surface area contributed by atoms with Gasteiger partial charge in [-0.3, -0.25) is 0 Å². The summed E-state index contributed by atoms with van der Waals surface area (Å²) in [6.45, 7) is 9.62. The van der Waals surface area contributed by atoms with Crippen LogP contribution in [0.25, 0.3) is 0 Å². The summed E-state index contributed by atoms with van der Waals surface area (Å²) in [6, 6.07) is 0. The molecule has 102 valence electrons. The van der Waals surface area contributed by atoms with E-state index in [-0.39, 0.29) is 0 Å². The lowest BCUT2D eigenvalue weighted by Crippen LogP contribution is -2.09. The van der Waals surface area contributed by atoms with Crippen LogP contribution in [0, 0.1) is 20.8 Å². The maximum absolute atomic E-state index is 4.47. The van der Waals surface area contributed by atoms with Crippen molar-refractivity contribution in [2.45, 2.75) is 34.2 Å². The first-order valence-corrected chi connectivity index (χ1v) is 7.21. The highest BCUT2D eigenvalue weighted by Crippen LogP contribution is 2.21. The molecule has 0 radical (unpaired) electrons. The van der Waals surface area contributed by atoms with Crippen LogP contribution < -0.4 is 10.6 Å². The molecule has 0 atom stereocenters. The summed E-state index contributed by atoms with van der Waals surface area (Å²) in [5.41, 5.74) is 4.00. The number of anilines is 2. The Morgan fingerprint density at radius 3 is 2.37 bits per heavy atom. The molecule has 0 aliphatic heterocycles. The van der Waals surface area contributed by atoms with Gasteiger partial charge in [0.2, 0.25) is 0 Å². The van der Waals surface area contributed by atoms with E-state index in [1.165, 1.54) is 4.88 Å². The number of aryl methyl sites for hydroxylation is 2. The molecule has 0 aromatic carbocycles. The minimum absolute atomic E-state index is 0.749. The van der Waals surface area contributed by atoms with E-state index in [1.54, 1.807) is 11.3 Å². The zero-order valence-corrected chi connectivity index (χ0v) is 12.6. The SMILES string of the molecule is CCNc1nc(C)nc(NCc2scnc2C)c1C. The van der Waals surface area contributed by atoms with Crippen LogP contribution in [0.4, 0.5) is 11.6 Å². The van der Waals surface area contributed by atoms with Crippen LogP contribution in [0.1, 0.15) is 28.9 Å². The zero-order valence-electron chi connectivity index (χ0n) is 11.7. The Kier molecular flexibility index (Phi) is 4.31. The third-order valence-electron chi connectivity index (χ3n) is 2.86. The van der Waals surface area contributed by atoms with E-state index in [0.29, 0.717) is 0 Å². The first-order chi connectivity index (χ1) is 9.11. The van der Waals surface area contributed by atoms with Gasteiger partial charge >= 0.3 is 0 Å². The fraction of sp³-hybridized carbons (Fsp3) is 0.462. The molecule has 0 bridgehead atoms. The highest BCUT2D eigenvalue weighted by molar-refractivity contribution is 7.09. The molecular weight excluding hydrogens is 258 g/mol. The molecule has 0 saturated carbocycles. The van der Waals surface area contributed by atoms with E-state index in [4.69, 9.17) is 0 Å². The zero-order chi connectivity index (χ0) is 13.8. The topological polar surface area (TPSA) is 62.7 Å². The maximum atomic E-state index is 4.47. The van der Waals surface area contributed by atoms with E-state index in [9.17, 15) is 0 Å². The molecule has 5 nitrogen and oxygen atoms in total. The molecule has 6 heteroatoms. The molecular formula is C13H19N5S. The predicted molar refractivity (Wildman–Crippen MR) is 79.8 cm³/mol. The molecule has 19 heavy (non-hydrogen) atoms. The lowest BCUT2D eigenvalue weighted by molar-refractivity contribution is 0.993. The van der Waals surface area contributed by atoms with Crippen LogP contribution >= 0.6 is 11.3 Å². The number of thiazole rings is 1. The van der Waals surface area contributed by atoms with Gasteiger partial charge in [0.25, 0.3) is 0 Å². The second-order valence-electron chi connectivity index (χ2n) is 4.34. The molecule has 0 spiro atoms. The third-order valence-corrected chi connectivity index (χ3v) is 3.80. The second-order valence-corrected chi connectivity index (χ2v) is 5.28. The van der Waals surface area contributed by atoms with Gasteiger partial charge in [-0.15, -0.1) is 11.3 Å². The Balaban J connectivity index is 2.18. The van der Waals surface area contributed by atoms with Crippen molar-refractivity contribution < 1.29 is 0 Å². The monoisotopic (exact) mass is 277 g/mol. The number of aromatic nitrogens is 3. The molecule has 0 aliphatic carbocycles. The van der Waals surface area contributed by atoms with Crippen molar-refractivity contribution in [1.29, 1.82) is 0 Å². The Bertz CT molecular complexity index is 564. The lowest BCUT2D eigenvalue weighted by Gasteiger charge is -2.13. The van der Waals surface area contributed by atoms with Crippen LogP contribution in [-0.4, -0.2) is 21.5 Å². The Labute approximate surface area is 117 Å². The highest BCUT2D eigenvalue weighted by Gasteiger charge is 2.09. The van der Waals surface area contributed by atoms with Crippen molar-refractivity contribution in [2.24, 2.45) is 0 Å². The lowest BCUT2D eigenvalue weighted by atomic mass is 10.3. The smallest absolute Gasteiger partial charge is 0.135 e. The number of hydrogen-bond donors (Lipinski definition) is 2. The number of hydrogen-bond acceptors (Lipinski definition) is 6. The van der Waals surface area contributed by atoms with Crippen LogP contribution in [-0.2, 0) is 6.54 Å². The van der Waals surface area contributed by atoms with Crippen LogP contribution in [0.15, 0.2) is 5.51 Å². The molecule has 0 fully saturated rings.